The number of anilines is 2. The van der Waals surface area contributed by atoms with E-state index in [1.165, 1.54) is 17.1 Å². The maximum Gasteiger partial charge on any atom is 0.335 e. The van der Waals surface area contributed by atoms with Crippen LogP contribution in [0, 0.1) is 0 Å². The maximum atomic E-state index is 15.1. The molecule has 0 atom stereocenters. The number of halogens is 1. The lowest BCUT2D eigenvalue weighted by molar-refractivity contribution is 0.0222. The van der Waals surface area contributed by atoms with Gasteiger partial charge in [-0.25, -0.2) is 14.8 Å². The zero-order valence-corrected chi connectivity index (χ0v) is 17.5. The van der Waals surface area contributed by atoms with Gasteiger partial charge in [-0.15, -0.1) is 0 Å². The Morgan fingerprint density at radius 2 is 1.84 bits per heavy atom. The van der Waals surface area contributed by atoms with Crippen LogP contribution in [-0.2, 0) is 5.54 Å². The van der Waals surface area contributed by atoms with Gasteiger partial charge in [0.15, 0.2) is 5.82 Å². The average Bonchev–Trinajstić information content (AvgIpc) is 3.14. The summed E-state index contributed by atoms with van der Waals surface area (Å²) in [7, 11) is 0. The molecule has 0 unspecified atom stereocenters. The Hall–Kier alpha value is -4.04. The molecule has 0 saturated carbocycles. The summed E-state index contributed by atoms with van der Waals surface area (Å²) in [6, 6.07) is 19.7. The molecule has 7 nitrogen and oxygen atoms in total. The van der Waals surface area contributed by atoms with E-state index in [0.717, 1.165) is 22.0 Å². The van der Waals surface area contributed by atoms with Crippen molar-refractivity contribution in [3.63, 3.8) is 0 Å². The van der Waals surface area contributed by atoms with Crippen molar-refractivity contribution < 1.29 is 14.4 Å². The van der Waals surface area contributed by atoms with E-state index in [9.17, 15) is 4.79 Å². The zero-order valence-electron chi connectivity index (χ0n) is 17.5. The van der Waals surface area contributed by atoms with E-state index in [-0.39, 0.29) is 5.56 Å². The number of aromatic carboxylic acids is 1. The van der Waals surface area contributed by atoms with E-state index in [2.05, 4.69) is 10.4 Å². The van der Waals surface area contributed by atoms with Gasteiger partial charge in [-0.2, -0.15) is 0 Å². The number of carboxylic acids is 1. The first-order valence-electron chi connectivity index (χ1n) is 10.1. The minimum absolute atomic E-state index is 0.195. The lowest BCUT2D eigenvalue weighted by Gasteiger charge is -2.37. The summed E-state index contributed by atoms with van der Waals surface area (Å²) < 4.78 is 15.1. The Morgan fingerprint density at radius 3 is 2.59 bits per heavy atom. The molecule has 2 aromatic heterocycles. The Morgan fingerprint density at radius 1 is 1.06 bits per heavy atom. The number of fused-ring (bicyclic) bond motifs is 2. The average molecular weight is 429 g/mol. The minimum atomic E-state index is -0.991. The molecule has 0 amide bonds. The monoisotopic (exact) mass is 429 g/mol. The first kappa shape index (κ1) is 19.9. The summed E-state index contributed by atoms with van der Waals surface area (Å²) >= 11 is 0. The number of hydrazine groups is 2. The first-order chi connectivity index (χ1) is 15.3. The van der Waals surface area contributed by atoms with Gasteiger partial charge in [0, 0.05) is 22.5 Å². The summed E-state index contributed by atoms with van der Waals surface area (Å²) in [4.78, 5) is 20.2. The van der Waals surface area contributed by atoms with Gasteiger partial charge < -0.3 is 5.11 Å². The van der Waals surface area contributed by atoms with Gasteiger partial charge >= 0.3 is 5.97 Å². The number of benzene rings is 2. The van der Waals surface area contributed by atoms with Gasteiger partial charge in [0.25, 0.3) is 0 Å². The van der Waals surface area contributed by atoms with E-state index in [0.29, 0.717) is 22.5 Å². The van der Waals surface area contributed by atoms with Crippen LogP contribution in [-0.4, -0.2) is 26.4 Å². The molecule has 160 valence electrons. The SMILES string of the molecule is CC(C)(c1ccc2ncccc2c1)N1c2nc(-c3ccc(C(=O)O)cc3)ccc2NN1F. The molecule has 0 spiro atoms. The summed E-state index contributed by atoms with van der Waals surface area (Å²) in [5.74, 6) is -0.558. The number of hydrogen-bond donors (Lipinski definition) is 2. The fourth-order valence-electron chi connectivity index (χ4n) is 3.94. The number of hydrogen-bond acceptors (Lipinski definition) is 6. The molecule has 8 heteroatoms. The molecule has 4 aromatic rings. The Kier molecular flexibility index (Phi) is 4.53. The van der Waals surface area contributed by atoms with Crippen LogP contribution < -0.4 is 10.4 Å². The largest absolute Gasteiger partial charge is 0.478 e. The Labute approximate surface area is 183 Å². The van der Waals surface area contributed by atoms with Crippen LogP contribution >= 0.6 is 0 Å². The fraction of sp³-hybridized carbons (Fsp3) is 0.125. The summed E-state index contributed by atoms with van der Waals surface area (Å²) in [6.45, 7) is 3.84. The highest BCUT2D eigenvalue weighted by Crippen LogP contribution is 2.43. The zero-order chi connectivity index (χ0) is 22.5. The molecule has 3 heterocycles. The third kappa shape index (κ3) is 3.21. The predicted octanol–water partition coefficient (Wildman–Crippen LogP) is 5.18. The van der Waals surface area contributed by atoms with Crippen molar-refractivity contribution in [2.24, 2.45) is 0 Å². The molecule has 0 bridgehead atoms. The van der Waals surface area contributed by atoms with E-state index in [1.54, 1.807) is 30.5 Å². The topological polar surface area (TPSA) is 81.6 Å². The molecule has 0 aliphatic carbocycles. The van der Waals surface area contributed by atoms with Crippen molar-refractivity contribution in [3.8, 4) is 11.3 Å². The number of aromatic nitrogens is 2. The number of nitrogens with one attached hydrogen (secondary N) is 1. The molecule has 1 aliphatic heterocycles. The molecule has 5 rings (SSSR count). The fourth-order valence-corrected chi connectivity index (χ4v) is 3.94. The van der Waals surface area contributed by atoms with E-state index < -0.39 is 11.5 Å². The molecular weight excluding hydrogens is 409 g/mol. The molecular formula is C24H20FN5O2. The molecule has 0 fully saturated rings. The minimum Gasteiger partial charge on any atom is -0.478 e. The second-order valence-corrected chi connectivity index (χ2v) is 8.10. The molecule has 2 N–H and O–H groups in total. The third-order valence-electron chi connectivity index (χ3n) is 5.73. The number of pyridine rings is 2. The van der Waals surface area contributed by atoms with Gasteiger partial charge in [0.1, 0.15) is 0 Å². The summed E-state index contributed by atoms with van der Waals surface area (Å²) in [5, 5.41) is 12.0. The van der Waals surface area contributed by atoms with Crippen LogP contribution in [0.5, 0.6) is 0 Å². The van der Waals surface area contributed by atoms with Gasteiger partial charge in [-0.05, 0) is 61.9 Å². The van der Waals surface area contributed by atoms with Crippen molar-refractivity contribution in [2.75, 3.05) is 10.4 Å². The maximum absolute atomic E-state index is 15.1. The molecule has 0 radical (unpaired) electrons. The Bertz CT molecular complexity index is 1340. The van der Waals surface area contributed by atoms with Gasteiger partial charge in [0.2, 0.25) is 0 Å². The second-order valence-electron chi connectivity index (χ2n) is 8.10. The highest BCUT2D eigenvalue weighted by atomic mass is 19.2. The number of carboxylic acid groups (broad SMARTS) is 1. The standard InChI is InChI=1S/C24H20FN5O2/c1-24(2,18-9-10-19-17(14-18)4-3-13-26-19)29-22-21(28-30(29)25)12-11-20(27-22)15-5-7-16(8-6-15)23(31)32/h3-14,28H,1-2H3,(H,31,32). The number of nitrogens with zero attached hydrogens (tertiary/aromatic N) is 4. The van der Waals surface area contributed by atoms with Gasteiger partial charge in [-0.1, -0.05) is 28.7 Å². The van der Waals surface area contributed by atoms with Crippen molar-refractivity contribution in [3.05, 3.63) is 84.1 Å². The quantitative estimate of drug-likeness (QED) is 0.433. The number of rotatable bonds is 4. The van der Waals surface area contributed by atoms with E-state index in [1.807, 2.05) is 44.2 Å². The van der Waals surface area contributed by atoms with Crippen LogP contribution in [0.4, 0.5) is 16.0 Å². The van der Waals surface area contributed by atoms with Crippen molar-refractivity contribution in [2.45, 2.75) is 19.4 Å². The molecule has 2 aromatic carbocycles. The normalized spacial score (nSPS) is 13.8. The van der Waals surface area contributed by atoms with Crippen LogP contribution in [0.15, 0.2) is 72.9 Å². The van der Waals surface area contributed by atoms with Crippen LogP contribution in [0.2, 0.25) is 0 Å². The van der Waals surface area contributed by atoms with Gasteiger partial charge in [-0.3, -0.25) is 10.4 Å². The lowest BCUT2D eigenvalue weighted by Crippen LogP contribution is -2.48. The second kappa shape index (κ2) is 7.28. The lowest BCUT2D eigenvalue weighted by atomic mass is 9.92. The van der Waals surface area contributed by atoms with Crippen LogP contribution in [0.1, 0.15) is 29.8 Å². The highest BCUT2D eigenvalue weighted by molar-refractivity contribution is 5.88. The van der Waals surface area contributed by atoms with Crippen molar-refractivity contribution in [1.29, 1.82) is 0 Å². The third-order valence-corrected chi connectivity index (χ3v) is 5.73. The predicted molar refractivity (Wildman–Crippen MR) is 120 cm³/mol. The first-order valence-corrected chi connectivity index (χ1v) is 10.1. The van der Waals surface area contributed by atoms with Crippen molar-refractivity contribution in [1.82, 2.24) is 15.3 Å². The molecule has 1 aliphatic rings. The summed E-state index contributed by atoms with van der Waals surface area (Å²) in [5.41, 5.74) is 5.77. The van der Waals surface area contributed by atoms with E-state index in [4.69, 9.17) is 10.1 Å². The molecule has 32 heavy (non-hydrogen) atoms. The summed E-state index contributed by atoms with van der Waals surface area (Å²) in [6.07, 6.45) is 1.74. The van der Waals surface area contributed by atoms with E-state index >= 15 is 4.48 Å². The van der Waals surface area contributed by atoms with Crippen molar-refractivity contribution >= 4 is 28.4 Å². The molecule has 0 saturated heterocycles. The highest BCUT2D eigenvalue weighted by Gasteiger charge is 2.41. The van der Waals surface area contributed by atoms with Gasteiger partial charge in [0.05, 0.1) is 28.0 Å². The number of carbonyl (C=O) groups is 1. The Balaban J connectivity index is 1.56. The smallest absolute Gasteiger partial charge is 0.335 e. The van der Waals surface area contributed by atoms with Crippen LogP contribution in [0.3, 0.4) is 0 Å². The van der Waals surface area contributed by atoms with Crippen LogP contribution in [0.25, 0.3) is 22.2 Å².